The fraction of sp³-hybridized carbons (Fsp3) is 1.00. The van der Waals surface area contributed by atoms with Crippen LogP contribution in [0.4, 0.5) is 0 Å². The Morgan fingerprint density at radius 1 is 1.40 bits per heavy atom. The minimum absolute atomic E-state index is 0.0440. The lowest BCUT2D eigenvalue weighted by Gasteiger charge is -2.30. The number of rotatable bonds is 6. The Bertz CT molecular complexity index is 180. The highest BCUT2D eigenvalue weighted by Gasteiger charge is 2.30. The smallest absolute Gasteiger partial charge is 0.0779 e. The van der Waals surface area contributed by atoms with Crippen molar-refractivity contribution >= 4 is 0 Å². The van der Waals surface area contributed by atoms with Crippen molar-refractivity contribution in [3.63, 3.8) is 0 Å². The second kappa shape index (κ2) is 5.28. The van der Waals surface area contributed by atoms with Crippen molar-refractivity contribution in [2.45, 2.75) is 57.6 Å². The van der Waals surface area contributed by atoms with Crippen LogP contribution in [-0.2, 0) is 4.74 Å². The van der Waals surface area contributed by atoms with Gasteiger partial charge >= 0.3 is 0 Å². The van der Waals surface area contributed by atoms with Gasteiger partial charge in [0.25, 0.3) is 0 Å². The van der Waals surface area contributed by atoms with Crippen LogP contribution in [0.25, 0.3) is 0 Å². The lowest BCUT2D eigenvalue weighted by Crippen LogP contribution is -2.50. The van der Waals surface area contributed by atoms with Crippen molar-refractivity contribution in [3.8, 4) is 0 Å². The van der Waals surface area contributed by atoms with Gasteiger partial charge < -0.3 is 15.8 Å². The summed E-state index contributed by atoms with van der Waals surface area (Å²) in [5.41, 5.74) is 6.22. The minimum Gasteiger partial charge on any atom is -0.374 e. The number of nitrogens with two attached hydrogens (primary N) is 1. The Kier molecular flexibility index (Phi) is 4.56. The monoisotopic (exact) mass is 214 g/mol. The molecule has 0 saturated carbocycles. The zero-order valence-electron chi connectivity index (χ0n) is 10.4. The summed E-state index contributed by atoms with van der Waals surface area (Å²) in [5, 5.41) is 3.46. The molecule has 1 aliphatic heterocycles. The van der Waals surface area contributed by atoms with E-state index in [9.17, 15) is 0 Å². The highest BCUT2D eigenvalue weighted by atomic mass is 16.5. The van der Waals surface area contributed by atoms with Crippen molar-refractivity contribution in [1.29, 1.82) is 0 Å². The number of ether oxygens (including phenoxy) is 1. The van der Waals surface area contributed by atoms with Gasteiger partial charge in [-0.15, -0.1) is 0 Å². The molecule has 0 aromatic rings. The van der Waals surface area contributed by atoms with Gasteiger partial charge in [-0.3, -0.25) is 0 Å². The van der Waals surface area contributed by atoms with Gasteiger partial charge in [0.05, 0.1) is 5.60 Å². The Hall–Kier alpha value is -0.120. The Morgan fingerprint density at radius 2 is 2.07 bits per heavy atom. The van der Waals surface area contributed by atoms with E-state index < -0.39 is 0 Å². The zero-order chi connectivity index (χ0) is 11.4. The third-order valence-corrected chi connectivity index (χ3v) is 3.68. The Balaban J connectivity index is 2.25. The van der Waals surface area contributed by atoms with Gasteiger partial charge in [-0.25, -0.2) is 0 Å². The molecule has 1 unspecified atom stereocenters. The van der Waals surface area contributed by atoms with Crippen molar-refractivity contribution < 1.29 is 4.74 Å². The van der Waals surface area contributed by atoms with E-state index in [0.717, 1.165) is 39.0 Å². The van der Waals surface area contributed by atoms with Crippen molar-refractivity contribution in [2.24, 2.45) is 5.73 Å². The summed E-state index contributed by atoms with van der Waals surface area (Å²) in [7, 11) is 0. The fourth-order valence-corrected chi connectivity index (χ4v) is 2.05. The number of hydrogen-bond donors (Lipinski definition) is 2. The van der Waals surface area contributed by atoms with Gasteiger partial charge in [0.15, 0.2) is 0 Å². The molecule has 0 aliphatic carbocycles. The third-order valence-electron chi connectivity index (χ3n) is 3.68. The number of hydrogen-bond acceptors (Lipinski definition) is 3. The molecule has 1 saturated heterocycles. The highest BCUT2D eigenvalue weighted by Crippen LogP contribution is 2.24. The van der Waals surface area contributed by atoms with E-state index >= 15 is 0 Å². The molecule has 0 aromatic heterocycles. The van der Waals surface area contributed by atoms with Crippen LogP contribution < -0.4 is 11.1 Å². The van der Waals surface area contributed by atoms with Crippen LogP contribution in [0, 0.1) is 0 Å². The molecule has 0 aromatic carbocycles. The van der Waals surface area contributed by atoms with Crippen molar-refractivity contribution in [3.05, 3.63) is 0 Å². The van der Waals surface area contributed by atoms with Crippen LogP contribution in [0.5, 0.6) is 0 Å². The molecule has 0 radical (unpaired) electrons. The molecule has 1 aliphatic rings. The van der Waals surface area contributed by atoms with Gasteiger partial charge in [-0.2, -0.15) is 0 Å². The molecule has 1 rings (SSSR count). The average Bonchev–Trinajstić information content (AvgIpc) is 2.65. The second-order valence-electron chi connectivity index (χ2n) is 5.07. The molecular formula is C12H26N2O. The third kappa shape index (κ3) is 3.74. The molecule has 1 fully saturated rings. The number of nitrogens with one attached hydrogen (secondary N) is 1. The first kappa shape index (κ1) is 12.9. The molecule has 3 nitrogen and oxygen atoms in total. The molecule has 1 atom stereocenters. The van der Waals surface area contributed by atoms with E-state index in [1.807, 2.05) is 0 Å². The standard InChI is InChI=1S/C12H26N2O/c1-4-12(13,5-2)10-14-9-11(3)7-6-8-15-11/h14H,4-10,13H2,1-3H3. The molecule has 3 heteroatoms. The predicted molar refractivity (Wildman–Crippen MR) is 64.0 cm³/mol. The molecule has 0 bridgehead atoms. The van der Waals surface area contributed by atoms with E-state index in [0.29, 0.717) is 0 Å². The van der Waals surface area contributed by atoms with E-state index in [1.54, 1.807) is 0 Å². The van der Waals surface area contributed by atoms with Crippen LogP contribution in [0.1, 0.15) is 46.5 Å². The summed E-state index contributed by atoms with van der Waals surface area (Å²) in [6, 6.07) is 0. The van der Waals surface area contributed by atoms with Crippen molar-refractivity contribution in [1.82, 2.24) is 5.32 Å². The lowest BCUT2D eigenvalue weighted by molar-refractivity contribution is 0.0199. The second-order valence-corrected chi connectivity index (χ2v) is 5.07. The minimum atomic E-state index is -0.0467. The average molecular weight is 214 g/mol. The van der Waals surface area contributed by atoms with E-state index in [-0.39, 0.29) is 11.1 Å². The summed E-state index contributed by atoms with van der Waals surface area (Å²) >= 11 is 0. The topological polar surface area (TPSA) is 47.3 Å². The molecular weight excluding hydrogens is 188 g/mol. The molecule has 15 heavy (non-hydrogen) atoms. The lowest BCUT2D eigenvalue weighted by atomic mass is 9.93. The summed E-state index contributed by atoms with van der Waals surface area (Å²) < 4.78 is 5.72. The Labute approximate surface area is 93.8 Å². The van der Waals surface area contributed by atoms with Gasteiger partial charge in [-0.05, 0) is 32.6 Å². The first-order valence-electron chi connectivity index (χ1n) is 6.17. The van der Waals surface area contributed by atoms with Gasteiger partial charge in [0, 0.05) is 25.2 Å². The maximum Gasteiger partial charge on any atom is 0.0779 e. The fourth-order valence-electron chi connectivity index (χ4n) is 2.05. The van der Waals surface area contributed by atoms with Gasteiger partial charge in [0.2, 0.25) is 0 Å². The van der Waals surface area contributed by atoms with Gasteiger partial charge in [-0.1, -0.05) is 13.8 Å². The molecule has 90 valence electrons. The maximum atomic E-state index is 6.22. The Morgan fingerprint density at radius 3 is 2.53 bits per heavy atom. The zero-order valence-corrected chi connectivity index (χ0v) is 10.4. The van der Waals surface area contributed by atoms with Gasteiger partial charge in [0.1, 0.15) is 0 Å². The largest absolute Gasteiger partial charge is 0.374 e. The van der Waals surface area contributed by atoms with E-state index in [1.165, 1.54) is 6.42 Å². The first-order chi connectivity index (χ1) is 7.04. The normalized spacial score (nSPS) is 27.2. The van der Waals surface area contributed by atoms with Crippen LogP contribution in [0.2, 0.25) is 0 Å². The summed E-state index contributed by atoms with van der Waals surface area (Å²) in [6.07, 6.45) is 4.39. The molecule has 3 N–H and O–H groups in total. The van der Waals surface area contributed by atoms with E-state index in [4.69, 9.17) is 10.5 Å². The summed E-state index contributed by atoms with van der Waals surface area (Å²) in [5.74, 6) is 0. The van der Waals surface area contributed by atoms with E-state index in [2.05, 4.69) is 26.1 Å². The summed E-state index contributed by atoms with van der Waals surface area (Å²) in [6.45, 7) is 9.21. The van der Waals surface area contributed by atoms with Crippen LogP contribution in [-0.4, -0.2) is 30.8 Å². The SMILES string of the molecule is CCC(N)(CC)CNCC1(C)CCCO1. The van der Waals surface area contributed by atoms with Crippen LogP contribution in [0.3, 0.4) is 0 Å². The van der Waals surface area contributed by atoms with Crippen molar-refractivity contribution in [2.75, 3.05) is 19.7 Å². The predicted octanol–water partition coefficient (Wildman–Crippen LogP) is 1.66. The molecule has 0 amide bonds. The quantitative estimate of drug-likeness (QED) is 0.707. The molecule has 0 spiro atoms. The summed E-state index contributed by atoms with van der Waals surface area (Å²) in [4.78, 5) is 0. The van der Waals surface area contributed by atoms with Crippen LogP contribution >= 0.6 is 0 Å². The molecule has 1 heterocycles. The highest BCUT2D eigenvalue weighted by molar-refractivity contribution is 4.87. The first-order valence-corrected chi connectivity index (χ1v) is 6.17. The van der Waals surface area contributed by atoms with Crippen LogP contribution in [0.15, 0.2) is 0 Å². The maximum absolute atomic E-state index is 6.22.